The molecule has 0 radical (unpaired) electrons. The standard InChI is InChI=1S/C17H21N3O2S/c1-19(2)17-11-10-15(13-18-17)23(21,22)20-12-6-5-8-14-7-3-4-9-16(14)20/h3-4,7,9-11,13H,5-6,8,12H2,1-2H3. The van der Waals surface area contributed by atoms with Gasteiger partial charge in [0.15, 0.2) is 0 Å². The fourth-order valence-electron chi connectivity index (χ4n) is 2.82. The minimum Gasteiger partial charge on any atom is -0.363 e. The van der Waals surface area contributed by atoms with Crippen LogP contribution in [0.1, 0.15) is 18.4 Å². The van der Waals surface area contributed by atoms with Gasteiger partial charge in [-0.25, -0.2) is 13.4 Å². The van der Waals surface area contributed by atoms with Gasteiger partial charge in [-0.05, 0) is 43.0 Å². The molecule has 5 nitrogen and oxygen atoms in total. The maximum absolute atomic E-state index is 13.1. The van der Waals surface area contributed by atoms with Crippen molar-refractivity contribution in [3.63, 3.8) is 0 Å². The number of benzene rings is 1. The summed E-state index contributed by atoms with van der Waals surface area (Å²) in [5.41, 5.74) is 1.88. The summed E-state index contributed by atoms with van der Waals surface area (Å²) in [5, 5.41) is 0. The van der Waals surface area contributed by atoms with Gasteiger partial charge in [-0.3, -0.25) is 4.31 Å². The normalized spacial score (nSPS) is 15.0. The second-order valence-corrected chi connectivity index (χ2v) is 7.77. The molecule has 0 aliphatic carbocycles. The maximum Gasteiger partial charge on any atom is 0.265 e. The molecule has 1 aliphatic rings. The number of aromatic nitrogens is 1. The van der Waals surface area contributed by atoms with Crippen molar-refractivity contribution in [1.29, 1.82) is 0 Å². The van der Waals surface area contributed by atoms with E-state index in [0.29, 0.717) is 6.54 Å². The number of fused-ring (bicyclic) bond motifs is 1. The molecule has 2 aromatic rings. The molecule has 1 aromatic heterocycles. The average molecular weight is 331 g/mol. The Morgan fingerprint density at radius 3 is 2.57 bits per heavy atom. The number of nitrogens with zero attached hydrogens (tertiary/aromatic N) is 3. The minimum atomic E-state index is -3.59. The molecule has 0 fully saturated rings. The number of sulfonamides is 1. The number of rotatable bonds is 3. The number of aryl methyl sites for hydroxylation is 1. The first-order chi connectivity index (χ1) is 11.0. The van der Waals surface area contributed by atoms with Crippen molar-refractivity contribution in [2.24, 2.45) is 0 Å². The van der Waals surface area contributed by atoms with E-state index in [4.69, 9.17) is 0 Å². The summed E-state index contributed by atoms with van der Waals surface area (Å²) in [6, 6.07) is 11.1. The number of pyridine rings is 1. The van der Waals surface area contributed by atoms with E-state index in [1.807, 2.05) is 43.3 Å². The van der Waals surface area contributed by atoms with Crippen molar-refractivity contribution in [3.8, 4) is 0 Å². The van der Waals surface area contributed by atoms with Gasteiger partial charge >= 0.3 is 0 Å². The van der Waals surface area contributed by atoms with E-state index in [0.717, 1.165) is 36.3 Å². The van der Waals surface area contributed by atoms with Crippen LogP contribution in [0.2, 0.25) is 0 Å². The van der Waals surface area contributed by atoms with Gasteiger partial charge in [0.2, 0.25) is 0 Å². The SMILES string of the molecule is CN(C)c1ccc(S(=O)(=O)N2CCCCc3ccccc32)cn1. The van der Waals surface area contributed by atoms with E-state index in [9.17, 15) is 8.42 Å². The summed E-state index contributed by atoms with van der Waals surface area (Å²) >= 11 is 0. The molecule has 0 spiro atoms. The second-order valence-electron chi connectivity index (χ2n) is 5.91. The number of hydrogen-bond acceptors (Lipinski definition) is 4. The molecule has 1 aromatic carbocycles. The topological polar surface area (TPSA) is 53.5 Å². The van der Waals surface area contributed by atoms with E-state index in [1.54, 1.807) is 12.1 Å². The zero-order valence-corrected chi connectivity index (χ0v) is 14.3. The highest BCUT2D eigenvalue weighted by Crippen LogP contribution is 2.31. The van der Waals surface area contributed by atoms with E-state index >= 15 is 0 Å². The molecule has 2 heterocycles. The molecule has 3 rings (SSSR count). The Balaban J connectivity index is 2.02. The Hall–Kier alpha value is -2.08. The van der Waals surface area contributed by atoms with E-state index in [-0.39, 0.29) is 4.90 Å². The lowest BCUT2D eigenvalue weighted by atomic mass is 10.1. The molecule has 0 N–H and O–H groups in total. The van der Waals surface area contributed by atoms with Crippen molar-refractivity contribution in [2.45, 2.75) is 24.2 Å². The molecule has 0 saturated heterocycles. The Morgan fingerprint density at radius 1 is 1.09 bits per heavy atom. The van der Waals surface area contributed by atoms with Gasteiger partial charge < -0.3 is 4.90 Å². The van der Waals surface area contributed by atoms with Crippen molar-refractivity contribution < 1.29 is 8.42 Å². The van der Waals surface area contributed by atoms with Gasteiger partial charge in [-0.2, -0.15) is 0 Å². The predicted molar refractivity (Wildman–Crippen MR) is 92.5 cm³/mol. The molecule has 0 saturated carbocycles. The second kappa shape index (κ2) is 6.20. The van der Waals surface area contributed by atoms with E-state index in [2.05, 4.69) is 4.98 Å². The summed E-state index contributed by atoms with van der Waals surface area (Å²) in [6.45, 7) is 0.509. The van der Waals surface area contributed by atoms with Gasteiger partial charge in [0, 0.05) is 26.8 Å². The first kappa shape index (κ1) is 15.8. The molecule has 122 valence electrons. The first-order valence-corrected chi connectivity index (χ1v) is 9.18. The van der Waals surface area contributed by atoms with Crippen LogP contribution in [0.15, 0.2) is 47.5 Å². The van der Waals surface area contributed by atoms with Gasteiger partial charge in [-0.1, -0.05) is 18.2 Å². The van der Waals surface area contributed by atoms with Crippen LogP contribution >= 0.6 is 0 Å². The van der Waals surface area contributed by atoms with E-state index < -0.39 is 10.0 Å². The first-order valence-electron chi connectivity index (χ1n) is 7.74. The smallest absolute Gasteiger partial charge is 0.265 e. The molecule has 0 unspecified atom stereocenters. The average Bonchev–Trinajstić information content (AvgIpc) is 2.77. The fraction of sp³-hybridized carbons (Fsp3) is 0.353. The Kier molecular flexibility index (Phi) is 4.26. The van der Waals surface area contributed by atoms with Gasteiger partial charge in [0.1, 0.15) is 10.7 Å². The van der Waals surface area contributed by atoms with Gasteiger partial charge in [-0.15, -0.1) is 0 Å². The van der Waals surface area contributed by atoms with Crippen LogP contribution in [0.25, 0.3) is 0 Å². The van der Waals surface area contributed by atoms with Crippen LogP contribution in [0, 0.1) is 0 Å². The maximum atomic E-state index is 13.1. The third-order valence-corrected chi connectivity index (χ3v) is 5.88. The molecule has 0 atom stereocenters. The molecule has 0 amide bonds. The van der Waals surface area contributed by atoms with Crippen LogP contribution in [-0.4, -0.2) is 34.0 Å². The summed E-state index contributed by atoms with van der Waals surface area (Å²) in [7, 11) is 0.164. The molecule has 0 bridgehead atoms. The molecular weight excluding hydrogens is 310 g/mol. The van der Waals surface area contributed by atoms with Crippen molar-refractivity contribution >= 4 is 21.5 Å². The number of hydrogen-bond donors (Lipinski definition) is 0. The highest BCUT2D eigenvalue weighted by molar-refractivity contribution is 7.92. The van der Waals surface area contributed by atoms with Crippen LogP contribution < -0.4 is 9.21 Å². The van der Waals surface area contributed by atoms with Gasteiger partial charge in [0.05, 0.1) is 5.69 Å². The zero-order valence-electron chi connectivity index (χ0n) is 13.4. The minimum absolute atomic E-state index is 0.236. The van der Waals surface area contributed by atoms with E-state index in [1.165, 1.54) is 10.5 Å². The number of anilines is 2. The Labute approximate surface area is 137 Å². The number of para-hydroxylation sites is 1. The molecule has 23 heavy (non-hydrogen) atoms. The Bertz CT molecular complexity index is 786. The van der Waals surface area contributed by atoms with Crippen LogP contribution in [0.5, 0.6) is 0 Å². The lowest BCUT2D eigenvalue weighted by Gasteiger charge is -2.24. The summed E-state index contributed by atoms with van der Waals surface area (Å²) in [5.74, 6) is 0.736. The van der Waals surface area contributed by atoms with Crippen LogP contribution in [0.4, 0.5) is 11.5 Å². The lowest BCUT2D eigenvalue weighted by molar-refractivity contribution is 0.589. The largest absolute Gasteiger partial charge is 0.363 e. The van der Waals surface area contributed by atoms with Crippen LogP contribution in [-0.2, 0) is 16.4 Å². The quantitative estimate of drug-likeness (QED) is 0.868. The molecule has 1 aliphatic heterocycles. The van der Waals surface area contributed by atoms with Crippen molar-refractivity contribution in [2.75, 3.05) is 29.8 Å². The summed E-state index contributed by atoms with van der Waals surface area (Å²) < 4.78 is 27.6. The molecule has 6 heteroatoms. The Morgan fingerprint density at radius 2 is 1.87 bits per heavy atom. The summed E-state index contributed by atoms with van der Waals surface area (Å²) in [6.07, 6.45) is 4.22. The van der Waals surface area contributed by atoms with Crippen LogP contribution in [0.3, 0.4) is 0 Å². The predicted octanol–water partition coefficient (Wildman–Crippen LogP) is 2.68. The highest BCUT2D eigenvalue weighted by atomic mass is 32.2. The monoisotopic (exact) mass is 331 g/mol. The third kappa shape index (κ3) is 3.03. The summed E-state index contributed by atoms with van der Waals surface area (Å²) in [4.78, 5) is 6.32. The van der Waals surface area contributed by atoms with Gasteiger partial charge in [0.25, 0.3) is 10.0 Å². The van der Waals surface area contributed by atoms with Crippen molar-refractivity contribution in [1.82, 2.24) is 4.98 Å². The molecular formula is C17H21N3O2S. The van der Waals surface area contributed by atoms with Crippen molar-refractivity contribution in [3.05, 3.63) is 48.2 Å². The lowest BCUT2D eigenvalue weighted by Crippen LogP contribution is -2.32. The third-order valence-electron chi connectivity index (χ3n) is 4.08. The zero-order chi connectivity index (χ0) is 16.4. The fourth-order valence-corrected chi connectivity index (χ4v) is 4.31. The highest BCUT2D eigenvalue weighted by Gasteiger charge is 2.28.